The SMILES string of the molecule is CC(C)[C@H](NC(=O)CCN1Cc2ccccc2C1=O)c1nc2ccccc2[nH]1. The van der Waals surface area contributed by atoms with E-state index in [0.29, 0.717) is 13.1 Å². The highest BCUT2D eigenvalue weighted by molar-refractivity contribution is 5.98. The Kier molecular flexibility index (Phi) is 4.86. The first kappa shape index (κ1) is 18.2. The standard InChI is InChI=1S/C22H24N4O2/c1-14(2)20(21-23-17-9-5-6-10-18(17)24-21)25-19(27)11-12-26-13-15-7-3-4-8-16(15)22(26)28/h3-10,14,20H,11-13H2,1-2H3,(H,23,24)(H,25,27)/t20-/m0/s1. The van der Waals surface area contributed by atoms with Crippen LogP contribution in [0.1, 0.15) is 48.1 Å². The normalized spacial score (nSPS) is 14.5. The Labute approximate surface area is 164 Å². The molecule has 0 bridgehead atoms. The molecule has 0 saturated heterocycles. The zero-order valence-electron chi connectivity index (χ0n) is 16.1. The highest BCUT2D eigenvalue weighted by atomic mass is 16.2. The van der Waals surface area contributed by atoms with Crippen LogP contribution in [0.15, 0.2) is 48.5 Å². The van der Waals surface area contributed by atoms with Crippen LogP contribution in [0.4, 0.5) is 0 Å². The highest BCUT2D eigenvalue weighted by Gasteiger charge is 2.27. The fourth-order valence-corrected chi connectivity index (χ4v) is 3.65. The molecule has 0 aliphatic carbocycles. The Morgan fingerprint density at radius 2 is 1.93 bits per heavy atom. The molecule has 0 saturated carbocycles. The van der Waals surface area contributed by atoms with Crippen LogP contribution in [-0.4, -0.2) is 33.2 Å². The van der Waals surface area contributed by atoms with Gasteiger partial charge in [-0.1, -0.05) is 44.2 Å². The first-order valence-electron chi connectivity index (χ1n) is 9.64. The highest BCUT2D eigenvalue weighted by Crippen LogP contribution is 2.24. The van der Waals surface area contributed by atoms with Crippen LogP contribution in [-0.2, 0) is 11.3 Å². The average molecular weight is 376 g/mol. The summed E-state index contributed by atoms with van der Waals surface area (Å²) in [5.74, 6) is 0.861. The van der Waals surface area contributed by atoms with Gasteiger partial charge in [0.05, 0.1) is 17.1 Å². The lowest BCUT2D eigenvalue weighted by Gasteiger charge is -2.21. The van der Waals surface area contributed by atoms with Crippen LogP contribution in [0, 0.1) is 5.92 Å². The third-order valence-electron chi connectivity index (χ3n) is 5.19. The van der Waals surface area contributed by atoms with E-state index in [2.05, 4.69) is 29.1 Å². The topological polar surface area (TPSA) is 78.1 Å². The van der Waals surface area contributed by atoms with Crippen LogP contribution in [0.2, 0.25) is 0 Å². The summed E-state index contributed by atoms with van der Waals surface area (Å²) in [5, 5.41) is 3.08. The van der Waals surface area contributed by atoms with Crippen LogP contribution in [0.3, 0.4) is 0 Å². The number of imidazole rings is 1. The van der Waals surface area contributed by atoms with Gasteiger partial charge in [0.15, 0.2) is 0 Å². The van der Waals surface area contributed by atoms with E-state index >= 15 is 0 Å². The summed E-state index contributed by atoms with van der Waals surface area (Å²) in [7, 11) is 0. The molecule has 0 unspecified atom stereocenters. The summed E-state index contributed by atoms with van der Waals surface area (Å²) in [6, 6.07) is 15.2. The minimum Gasteiger partial charge on any atom is -0.346 e. The van der Waals surface area contributed by atoms with Gasteiger partial charge >= 0.3 is 0 Å². The van der Waals surface area contributed by atoms with Crippen LogP contribution >= 0.6 is 0 Å². The number of nitrogens with zero attached hydrogens (tertiary/aromatic N) is 2. The number of hydrogen-bond donors (Lipinski definition) is 2. The number of hydrogen-bond acceptors (Lipinski definition) is 3. The lowest BCUT2D eigenvalue weighted by atomic mass is 10.0. The number of carbonyl (C=O) groups is 2. The van der Waals surface area contributed by atoms with E-state index in [1.165, 1.54) is 0 Å². The number of aromatic amines is 1. The molecule has 6 heteroatoms. The van der Waals surface area contributed by atoms with Gasteiger partial charge in [0.2, 0.25) is 5.91 Å². The van der Waals surface area contributed by atoms with Crippen molar-refractivity contribution in [2.45, 2.75) is 32.9 Å². The Bertz CT molecular complexity index is 991. The minimum atomic E-state index is -0.202. The van der Waals surface area contributed by atoms with E-state index in [4.69, 9.17) is 0 Å². The van der Waals surface area contributed by atoms with Crippen molar-refractivity contribution in [3.05, 3.63) is 65.5 Å². The van der Waals surface area contributed by atoms with Gasteiger partial charge < -0.3 is 15.2 Å². The Morgan fingerprint density at radius 1 is 1.18 bits per heavy atom. The van der Waals surface area contributed by atoms with Gasteiger partial charge in [-0.05, 0) is 29.7 Å². The second-order valence-electron chi connectivity index (χ2n) is 7.56. The predicted octanol–water partition coefficient (Wildman–Crippen LogP) is 3.42. The molecule has 4 rings (SSSR count). The summed E-state index contributed by atoms with van der Waals surface area (Å²) >= 11 is 0. The van der Waals surface area contributed by atoms with Crippen LogP contribution < -0.4 is 5.32 Å². The Hall–Kier alpha value is -3.15. The largest absolute Gasteiger partial charge is 0.346 e. The molecule has 2 heterocycles. The molecule has 1 aromatic heterocycles. The number of H-pyrrole nitrogens is 1. The molecule has 28 heavy (non-hydrogen) atoms. The molecule has 0 spiro atoms. The van der Waals surface area contributed by atoms with Crippen molar-refractivity contribution < 1.29 is 9.59 Å². The van der Waals surface area contributed by atoms with Crippen molar-refractivity contribution in [3.8, 4) is 0 Å². The zero-order valence-corrected chi connectivity index (χ0v) is 16.1. The molecule has 3 aromatic rings. The van der Waals surface area contributed by atoms with Crippen LogP contribution in [0.25, 0.3) is 11.0 Å². The Balaban J connectivity index is 1.40. The van der Waals surface area contributed by atoms with E-state index < -0.39 is 0 Å². The molecule has 0 radical (unpaired) electrons. The monoisotopic (exact) mass is 376 g/mol. The van der Waals surface area contributed by atoms with Crippen molar-refractivity contribution in [1.82, 2.24) is 20.2 Å². The zero-order chi connectivity index (χ0) is 19.7. The molecular formula is C22H24N4O2. The number of carbonyl (C=O) groups excluding carboxylic acids is 2. The quantitative estimate of drug-likeness (QED) is 0.692. The number of fused-ring (bicyclic) bond motifs is 2. The number of aromatic nitrogens is 2. The third kappa shape index (κ3) is 3.50. The molecule has 6 nitrogen and oxygen atoms in total. The summed E-state index contributed by atoms with van der Waals surface area (Å²) in [6.45, 7) is 5.08. The van der Waals surface area contributed by atoms with Gasteiger partial charge in [-0.2, -0.15) is 0 Å². The summed E-state index contributed by atoms with van der Waals surface area (Å²) < 4.78 is 0. The van der Waals surface area contributed by atoms with Gasteiger partial charge in [-0.3, -0.25) is 9.59 Å². The fraction of sp³-hybridized carbons (Fsp3) is 0.318. The van der Waals surface area contributed by atoms with Gasteiger partial charge in [0.1, 0.15) is 5.82 Å². The fourth-order valence-electron chi connectivity index (χ4n) is 3.65. The maximum absolute atomic E-state index is 12.6. The first-order chi connectivity index (χ1) is 13.5. The van der Waals surface area contributed by atoms with E-state index in [1.807, 2.05) is 48.5 Å². The molecule has 2 amide bonds. The smallest absolute Gasteiger partial charge is 0.254 e. The number of nitrogens with one attached hydrogen (secondary N) is 2. The molecular weight excluding hydrogens is 352 g/mol. The van der Waals surface area contributed by atoms with Crippen molar-refractivity contribution in [1.29, 1.82) is 0 Å². The lowest BCUT2D eigenvalue weighted by Crippen LogP contribution is -2.35. The summed E-state index contributed by atoms with van der Waals surface area (Å²) in [5.41, 5.74) is 3.61. The lowest BCUT2D eigenvalue weighted by molar-refractivity contribution is -0.122. The Morgan fingerprint density at radius 3 is 2.68 bits per heavy atom. The molecule has 0 fully saturated rings. The van der Waals surface area contributed by atoms with Crippen molar-refractivity contribution in [3.63, 3.8) is 0 Å². The van der Waals surface area contributed by atoms with E-state index in [9.17, 15) is 9.59 Å². The average Bonchev–Trinajstić information content (AvgIpc) is 3.25. The van der Waals surface area contributed by atoms with Crippen LogP contribution in [0.5, 0.6) is 0 Å². The van der Waals surface area contributed by atoms with Gasteiger partial charge in [-0.25, -0.2) is 4.98 Å². The first-order valence-corrected chi connectivity index (χ1v) is 9.64. The van der Waals surface area contributed by atoms with Crippen molar-refractivity contribution >= 4 is 22.8 Å². The minimum absolute atomic E-state index is 0.00101. The maximum atomic E-state index is 12.6. The maximum Gasteiger partial charge on any atom is 0.254 e. The molecule has 2 aromatic carbocycles. The number of amides is 2. The van der Waals surface area contributed by atoms with Gasteiger partial charge in [-0.15, -0.1) is 0 Å². The second-order valence-corrected chi connectivity index (χ2v) is 7.56. The van der Waals surface area contributed by atoms with Gasteiger partial charge in [0.25, 0.3) is 5.91 Å². The molecule has 144 valence electrons. The summed E-state index contributed by atoms with van der Waals surface area (Å²) in [4.78, 5) is 34.7. The summed E-state index contributed by atoms with van der Waals surface area (Å²) in [6.07, 6.45) is 0.267. The van der Waals surface area contributed by atoms with E-state index in [0.717, 1.165) is 28.0 Å². The number of rotatable bonds is 6. The number of benzene rings is 2. The predicted molar refractivity (Wildman–Crippen MR) is 108 cm³/mol. The third-order valence-corrected chi connectivity index (χ3v) is 5.19. The second kappa shape index (κ2) is 7.46. The van der Waals surface area contributed by atoms with Crippen molar-refractivity contribution in [2.24, 2.45) is 5.92 Å². The van der Waals surface area contributed by atoms with E-state index in [1.54, 1.807) is 4.90 Å². The van der Waals surface area contributed by atoms with Crippen molar-refractivity contribution in [2.75, 3.05) is 6.54 Å². The molecule has 2 N–H and O–H groups in total. The molecule has 1 aliphatic rings. The van der Waals surface area contributed by atoms with Gasteiger partial charge in [0, 0.05) is 25.1 Å². The van der Waals surface area contributed by atoms with E-state index in [-0.39, 0.29) is 30.2 Å². The molecule has 1 aliphatic heterocycles. The molecule has 1 atom stereocenters. The number of para-hydroxylation sites is 2.